The molecule has 0 aliphatic carbocycles. The second-order valence-electron chi connectivity index (χ2n) is 1.07. The maximum atomic E-state index is 11.5. The number of rotatable bonds is 3. The minimum absolute atomic E-state index is 0.0515. The zero-order valence-corrected chi connectivity index (χ0v) is 4.70. The number of hydrogen-bond donors (Lipinski definition) is 1. The van der Waals surface area contributed by atoms with Crippen LogP contribution in [0.25, 0.3) is 0 Å². The monoisotopic (exact) mass is 142 g/mol. The van der Waals surface area contributed by atoms with E-state index in [4.69, 9.17) is 0 Å². The summed E-state index contributed by atoms with van der Waals surface area (Å²) in [5.74, 6) is 0. The molecule has 0 heterocycles. The minimum atomic E-state index is -3.21. The summed E-state index contributed by atoms with van der Waals surface area (Å²) in [6.45, 7) is -1.02. The normalized spacial score (nSPS) is 10.9. The third-order valence-corrected chi connectivity index (χ3v) is 0.454. The van der Waals surface area contributed by atoms with Crippen LogP contribution in [0.2, 0.25) is 0 Å². The van der Waals surface area contributed by atoms with Crippen molar-refractivity contribution in [2.24, 2.45) is 0 Å². The Morgan fingerprint density at radius 3 is 2.38 bits per heavy atom. The molecule has 0 aliphatic heterocycles. The molecule has 2 nitrogen and oxygen atoms in total. The lowest BCUT2D eigenvalue weighted by molar-refractivity contribution is -0.133. The molecule has 0 atom stereocenters. The maximum Gasteiger partial charge on any atom is 0.324 e. The number of ether oxygens (including phenoxy) is 1. The van der Waals surface area contributed by atoms with E-state index < -0.39 is 11.9 Å². The molecule has 0 rings (SSSR count). The second kappa shape index (κ2) is 2.86. The zero-order valence-electron chi connectivity index (χ0n) is 3.80. The van der Waals surface area contributed by atoms with Gasteiger partial charge in [0.2, 0.25) is 0 Å². The van der Waals surface area contributed by atoms with Gasteiger partial charge in [0, 0.05) is 0 Å². The topological polar surface area (TPSA) is 26.3 Å². The third-order valence-electron chi connectivity index (χ3n) is 0.325. The highest BCUT2D eigenvalue weighted by Gasteiger charge is 2.22. The van der Waals surface area contributed by atoms with Crippen LogP contribution in [0.1, 0.15) is 0 Å². The van der Waals surface area contributed by atoms with Gasteiger partial charge in [-0.3, -0.25) is 4.79 Å². The van der Waals surface area contributed by atoms with E-state index in [1.165, 1.54) is 0 Å². The summed E-state index contributed by atoms with van der Waals surface area (Å²) in [5, 5.41) is -3.21. The summed E-state index contributed by atoms with van der Waals surface area (Å²) < 4.78 is 26.7. The van der Waals surface area contributed by atoms with E-state index in [9.17, 15) is 13.6 Å². The predicted octanol–water partition coefficient (Wildman–Crippen LogP) is 0.682. The standard InChI is InChI=1S/C3H4F2O2S/c4-3(5,8)1-7-2-6/h2,8H,1H2. The van der Waals surface area contributed by atoms with Crippen LogP contribution in [0.5, 0.6) is 0 Å². The SMILES string of the molecule is O=COCC(F)(F)S. The van der Waals surface area contributed by atoms with Gasteiger partial charge in [-0.1, -0.05) is 0 Å². The van der Waals surface area contributed by atoms with E-state index in [-0.39, 0.29) is 6.47 Å². The number of alkyl halides is 2. The van der Waals surface area contributed by atoms with Gasteiger partial charge in [0.05, 0.1) is 0 Å². The van der Waals surface area contributed by atoms with Crippen molar-refractivity contribution in [3.05, 3.63) is 0 Å². The molecule has 0 amide bonds. The maximum absolute atomic E-state index is 11.5. The summed E-state index contributed by atoms with van der Waals surface area (Å²) in [5.41, 5.74) is 0. The van der Waals surface area contributed by atoms with Crippen LogP contribution in [0.4, 0.5) is 8.78 Å². The first kappa shape index (κ1) is 7.68. The fraction of sp³-hybridized carbons (Fsp3) is 0.667. The van der Waals surface area contributed by atoms with E-state index in [0.29, 0.717) is 0 Å². The van der Waals surface area contributed by atoms with Gasteiger partial charge in [-0.15, -0.1) is 12.6 Å². The Balaban J connectivity index is 3.24. The van der Waals surface area contributed by atoms with E-state index >= 15 is 0 Å². The van der Waals surface area contributed by atoms with Gasteiger partial charge in [-0.2, -0.15) is 8.78 Å². The van der Waals surface area contributed by atoms with E-state index in [1.54, 1.807) is 0 Å². The fourth-order valence-corrected chi connectivity index (χ4v) is 0.209. The molecule has 0 bridgehead atoms. The summed E-state index contributed by atoms with van der Waals surface area (Å²) in [7, 11) is 0. The number of carbonyl (C=O) groups excluding carboxylic acids is 1. The lowest BCUT2D eigenvalue weighted by Gasteiger charge is -2.04. The average molecular weight is 142 g/mol. The van der Waals surface area contributed by atoms with Gasteiger partial charge in [-0.25, -0.2) is 0 Å². The van der Waals surface area contributed by atoms with Crippen LogP contribution < -0.4 is 0 Å². The smallest absolute Gasteiger partial charge is 0.324 e. The summed E-state index contributed by atoms with van der Waals surface area (Å²) in [4.78, 5) is 9.26. The van der Waals surface area contributed by atoms with E-state index in [0.717, 1.165) is 0 Å². The lowest BCUT2D eigenvalue weighted by atomic mass is 10.8. The van der Waals surface area contributed by atoms with Gasteiger partial charge in [0.15, 0.2) is 6.61 Å². The first-order valence-electron chi connectivity index (χ1n) is 1.72. The first-order valence-corrected chi connectivity index (χ1v) is 2.16. The van der Waals surface area contributed by atoms with Gasteiger partial charge in [-0.05, 0) is 0 Å². The number of thiol groups is 1. The van der Waals surface area contributed by atoms with Crippen molar-refractivity contribution in [2.45, 2.75) is 5.25 Å². The third kappa shape index (κ3) is 5.68. The van der Waals surface area contributed by atoms with Crippen molar-refractivity contribution < 1.29 is 18.3 Å². The molecule has 0 aromatic carbocycles. The zero-order chi connectivity index (χ0) is 6.62. The average Bonchev–Trinajstić information content (AvgIpc) is 1.59. The van der Waals surface area contributed by atoms with Crippen molar-refractivity contribution in [1.82, 2.24) is 0 Å². The molecule has 0 aromatic rings. The van der Waals surface area contributed by atoms with E-state index in [1.807, 2.05) is 0 Å². The van der Waals surface area contributed by atoms with Crippen LogP contribution in [0.3, 0.4) is 0 Å². The van der Waals surface area contributed by atoms with Gasteiger partial charge in [0.25, 0.3) is 6.47 Å². The van der Waals surface area contributed by atoms with Crippen molar-refractivity contribution in [3.63, 3.8) is 0 Å². The number of hydrogen-bond acceptors (Lipinski definition) is 3. The van der Waals surface area contributed by atoms with Gasteiger partial charge in [0.1, 0.15) is 0 Å². The Morgan fingerprint density at radius 2 is 2.25 bits per heavy atom. The van der Waals surface area contributed by atoms with E-state index in [2.05, 4.69) is 17.4 Å². The Morgan fingerprint density at radius 1 is 1.75 bits per heavy atom. The van der Waals surface area contributed by atoms with Crippen LogP contribution in [-0.4, -0.2) is 18.3 Å². The molecular weight excluding hydrogens is 138 g/mol. The second-order valence-corrected chi connectivity index (χ2v) is 1.73. The minimum Gasteiger partial charge on any atom is -0.460 e. The molecule has 5 heteroatoms. The Labute approximate surface area is 50.2 Å². The highest BCUT2D eigenvalue weighted by Crippen LogP contribution is 2.16. The molecular formula is C3H4F2O2S. The highest BCUT2D eigenvalue weighted by atomic mass is 32.1. The predicted molar refractivity (Wildman–Crippen MR) is 25.9 cm³/mol. The van der Waals surface area contributed by atoms with Crippen molar-refractivity contribution in [2.75, 3.05) is 6.61 Å². The highest BCUT2D eigenvalue weighted by molar-refractivity contribution is 7.81. The molecule has 0 aromatic heterocycles. The van der Waals surface area contributed by atoms with Crippen molar-refractivity contribution in [3.8, 4) is 0 Å². The summed E-state index contributed by atoms with van der Waals surface area (Å²) in [6, 6.07) is 0. The molecule has 0 aliphatic rings. The molecule has 0 unspecified atom stereocenters. The molecule has 48 valence electrons. The van der Waals surface area contributed by atoms with Crippen molar-refractivity contribution >= 4 is 19.1 Å². The summed E-state index contributed by atoms with van der Waals surface area (Å²) in [6.07, 6.45) is 0. The molecule has 0 N–H and O–H groups in total. The lowest BCUT2D eigenvalue weighted by Crippen LogP contribution is -2.14. The van der Waals surface area contributed by atoms with Crippen molar-refractivity contribution in [1.29, 1.82) is 0 Å². The Kier molecular flexibility index (Phi) is 2.75. The van der Waals surface area contributed by atoms with Crippen LogP contribution in [-0.2, 0) is 9.53 Å². The molecule has 0 saturated carbocycles. The quantitative estimate of drug-likeness (QED) is 0.463. The fourth-order valence-electron chi connectivity index (χ4n) is 0.134. The number of halogens is 2. The summed E-state index contributed by atoms with van der Waals surface area (Å²) >= 11 is 2.77. The molecule has 0 spiro atoms. The largest absolute Gasteiger partial charge is 0.460 e. The van der Waals surface area contributed by atoms with Crippen LogP contribution in [0, 0.1) is 0 Å². The van der Waals surface area contributed by atoms with Gasteiger partial charge < -0.3 is 4.74 Å². The molecule has 0 radical (unpaired) electrons. The van der Waals surface area contributed by atoms with Gasteiger partial charge >= 0.3 is 5.25 Å². The Hall–Kier alpha value is -0.320. The molecule has 0 fully saturated rings. The molecule has 0 saturated heterocycles. The number of carbonyl (C=O) groups is 1. The Bertz CT molecular complexity index is 79.8. The first-order chi connectivity index (χ1) is 3.56. The molecule has 8 heavy (non-hydrogen) atoms. The van der Waals surface area contributed by atoms with Crippen LogP contribution in [0.15, 0.2) is 0 Å². The van der Waals surface area contributed by atoms with Crippen LogP contribution >= 0.6 is 12.6 Å².